The monoisotopic (exact) mass is 290 g/mol. The zero-order chi connectivity index (χ0) is 14.4. The molecule has 0 saturated carbocycles. The first-order valence-corrected chi connectivity index (χ1v) is 8.00. The van der Waals surface area contributed by atoms with E-state index in [1.165, 1.54) is 4.88 Å². The van der Waals surface area contributed by atoms with Gasteiger partial charge in [0.05, 0.1) is 6.04 Å². The van der Waals surface area contributed by atoms with E-state index in [1.807, 2.05) is 13.1 Å². The molecule has 0 radical (unpaired) electrons. The molecule has 0 aromatic carbocycles. The molecule has 0 aliphatic rings. The van der Waals surface area contributed by atoms with E-state index in [1.54, 1.807) is 11.3 Å². The van der Waals surface area contributed by atoms with Gasteiger partial charge in [-0.05, 0) is 17.9 Å². The first-order valence-electron chi connectivity index (χ1n) is 7.12. The molecule has 2 aromatic rings. The fraction of sp³-hybridized carbons (Fsp3) is 0.467. The topological polar surface area (TPSA) is 49.8 Å². The van der Waals surface area contributed by atoms with Crippen molar-refractivity contribution in [3.05, 3.63) is 34.3 Å². The first kappa shape index (κ1) is 14.8. The van der Waals surface area contributed by atoms with Crippen LogP contribution in [0.1, 0.15) is 43.4 Å². The predicted molar refractivity (Wildman–Crippen MR) is 86.5 cm³/mol. The lowest BCUT2D eigenvalue weighted by Gasteiger charge is -2.18. The summed E-state index contributed by atoms with van der Waals surface area (Å²) in [5, 5.41) is 8.77. The van der Waals surface area contributed by atoms with Gasteiger partial charge in [-0.2, -0.15) is 0 Å². The Morgan fingerprint density at radius 1 is 1.25 bits per heavy atom. The van der Waals surface area contributed by atoms with Crippen molar-refractivity contribution in [1.29, 1.82) is 0 Å². The van der Waals surface area contributed by atoms with Crippen molar-refractivity contribution in [2.24, 2.45) is 0 Å². The summed E-state index contributed by atoms with van der Waals surface area (Å²) in [5.74, 6) is 2.62. The highest BCUT2D eigenvalue weighted by Crippen LogP contribution is 2.27. The van der Waals surface area contributed by atoms with Gasteiger partial charge in [0.25, 0.3) is 0 Å². The molecule has 0 saturated heterocycles. The molecule has 1 atom stereocenters. The van der Waals surface area contributed by atoms with Gasteiger partial charge in [-0.1, -0.05) is 26.3 Å². The van der Waals surface area contributed by atoms with Gasteiger partial charge in [-0.3, -0.25) is 0 Å². The molecule has 0 spiro atoms. The average molecular weight is 290 g/mol. The van der Waals surface area contributed by atoms with Crippen LogP contribution in [0.2, 0.25) is 0 Å². The van der Waals surface area contributed by atoms with Crippen LogP contribution in [0, 0.1) is 0 Å². The smallest absolute Gasteiger partial charge is 0.132 e. The maximum absolute atomic E-state index is 4.57. The Morgan fingerprint density at radius 2 is 2.05 bits per heavy atom. The number of thiophene rings is 1. The molecule has 108 valence electrons. The van der Waals surface area contributed by atoms with E-state index in [0.717, 1.165) is 36.7 Å². The second-order valence-electron chi connectivity index (χ2n) is 4.66. The highest BCUT2D eigenvalue weighted by molar-refractivity contribution is 7.10. The number of anilines is 2. The zero-order valence-corrected chi connectivity index (χ0v) is 13.1. The standard InChI is InChI=1S/C15H22N4S/c1-4-7-11(12-8-6-9-20-12)17-15-10-14(16-3)18-13(5-2)19-15/h6,8-11H,4-5,7H2,1-3H3,(H2,16,17,18,19). The van der Waals surface area contributed by atoms with Crippen LogP contribution < -0.4 is 10.6 Å². The van der Waals surface area contributed by atoms with E-state index in [9.17, 15) is 0 Å². The fourth-order valence-corrected chi connectivity index (χ4v) is 2.91. The van der Waals surface area contributed by atoms with Gasteiger partial charge in [0.15, 0.2) is 0 Å². The van der Waals surface area contributed by atoms with Crippen molar-refractivity contribution in [3.63, 3.8) is 0 Å². The first-order chi connectivity index (χ1) is 9.76. The Hall–Kier alpha value is -1.62. The van der Waals surface area contributed by atoms with Gasteiger partial charge in [-0.15, -0.1) is 11.3 Å². The van der Waals surface area contributed by atoms with Gasteiger partial charge >= 0.3 is 0 Å². The van der Waals surface area contributed by atoms with Crippen LogP contribution in [0.4, 0.5) is 11.6 Å². The highest BCUT2D eigenvalue weighted by atomic mass is 32.1. The minimum absolute atomic E-state index is 0.323. The van der Waals surface area contributed by atoms with Crippen LogP contribution in [0.25, 0.3) is 0 Å². The molecule has 5 heteroatoms. The SMILES string of the molecule is CCCC(Nc1cc(NC)nc(CC)n1)c1cccs1. The number of hydrogen-bond acceptors (Lipinski definition) is 5. The van der Waals surface area contributed by atoms with Gasteiger partial charge in [-0.25, -0.2) is 9.97 Å². The largest absolute Gasteiger partial charge is 0.373 e. The van der Waals surface area contributed by atoms with Crippen molar-refractivity contribution in [3.8, 4) is 0 Å². The summed E-state index contributed by atoms with van der Waals surface area (Å²) in [5.41, 5.74) is 0. The summed E-state index contributed by atoms with van der Waals surface area (Å²) in [6, 6.07) is 6.57. The molecule has 20 heavy (non-hydrogen) atoms. The Labute approximate surface area is 124 Å². The van der Waals surface area contributed by atoms with E-state index in [-0.39, 0.29) is 0 Å². The summed E-state index contributed by atoms with van der Waals surface area (Å²) in [6.45, 7) is 4.28. The maximum atomic E-state index is 4.57. The lowest BCUT2D eigenvalue weighted by molar-refractivity contribution is 0.683. The average Bonchev–Trinajstić information content (AvgIpc) is 3.00. The van der Waals surface area contributed by atoms with Gasteiger partial charge in [0.2, 0.25) is 0 Å². The third kappa shape index (κ3) is 3.70. The van der Waals surface area contributed by atoms with Gasteiger partial charge in [0.1, 0.15) is 17.5 Å². The van der Waals surface area contributed by atoms with Crippen LogP contribution in [0.5, 0.6) is 0 Å². The molecule has 0 amide bonds. The van der Waals surface area contributed by atoms with Crippen molar-refractivity contribution in [2.75, 3.05) is 17.7 Å². The second kappa shape index (κ2) is 7.24. The summed E-state index contributed by atoms with van der Waals surface area (Å²) >= 11 is 1.79. The third-order valence-electron chi connectivity index (χ3n) is 3.13. The molecule has 0 bridgehead atoms. The molecule has 1 unspecified atom stereocenters. The molecule has 0 aliphatic heterocycles. The number of aromatic nitrogens is 2. The van der Waals surface area contributed by atoms with Crippen LogP contribution in [0.15, 0.2) is 23.6 Å². The minimum atomic E-state index is 0.323. The molecule has 2 aromatic heterocycles. The van der Waals surface area contributed by atoms with Crippen LogP contribution in [-0.4, -0.2) is 17.0 Å². The van der Waals surface area contributed by atoms with Gasteiger partial charge in [0, 0.05) is 24.4 Å². The predicted octanol–water partition coefficient (Wildman–Crippen LogP) is 4.10. The number of aryl methyl sites for hydroxylation is 1. The molecule has 0 fully saturated rings. The second-order valence-corrected chi connectivity index (χ2v) is 5.64. The number of nitrogens with one attached hydrogen (secondary N) is 2. The van der Waals surface area contributed by atoms with E-state index >= 15 is 0 Å². The quantitative estimate of drug-likeness (QED) is 0.806. The molecule has 2 N–H and O–H groups in total. The number of nitrogens with zero attached hydrogens (tertiary/aromatic N) is 2. The Bertz CT molecular complexity index is 502. The normalized spacial score (nSPS) is 12.2. The van der Waals surface area contributed by atoms with Crippen LogP contribution in [0.3, 0.4) is 0 Å². The Morgan fingerprint density at radius 3 is 2.65 bits per heavy atom. The summed E-state index contributed by atoms with van der Waals surface area (Å²) in [6.07, 6.45) is 3.07. The molecule has 0 aliphatic carbocycles. The molecule has 2 heterocycles. The minimum Gasteiger partial charge on any atom is -0.373 e. The summed E-state index contributed by atoms with van der Waals surface area (Å²) in [4.78, 5) is 10.4. The number of rotatable bonds is 7. The number of hydrogen-bond donors (Lipinski definition) is 2. The fourth-order valence-electron chi connectivity index (χ4n) is 2.10. The van der Waals surface area contributed by atoms with E-state index < -0.39 is 0 Å². The molecular weight excluding hydrogens is 268 g/mol. The van der Waals surface area contributed by atoms with Gasteiger partial charge < -0.3 is 10.6 Å². The van der Waals surface area contributed by atoms with Crippen molar-refractivity contribution < 1.29 is 0 Å². The lowest BCUT2D eigenvalue weighted by atomic mass is 10.1. The molecule has 4 nitrogen and oxygen atoms in total. The van der Waals surface area contributed by atoms with Crippen LogP contribution in [-0.2, 0) is 6.42 Å². The third-order valence-corrected chi connectivity index (χ3v) is 4.12. The van der Waals surface area contributed by atoms with E-state index in [0.29, 0.717) is 6.04 Å². The van der Waals surface area contributed by atoms with Crippen LogP contribution >= 0.6 is 11.3 Å². The Kier molecular flexibility index (Phi) is 5.35. The van der Waals surface area contributed by atoms with Crippen molar-refractivity contribution in [1.82, 2.24) is 9.97 Å². The molecular formula is C15H22N4S. The molecule has 2 rings (SSSR count). The zero-order valence-electron chi connectivity index (χ0n) is 12.3. The lowest BCUT2D eigenvalue weighted by Crippen LogP contribution is -2.12. The van der Waals surface area contributed by atoms with Crippen molar-refractivity contribution >= 4 is 23.0 Å². The highest BCUT2D eigenvalue weighted by Gasteiger charge is 2.13. The van der Waals surface area contributed by atoms with Crippen molar-refractivity contribution in [2.45, 2.75) is 39.2 Å². The summed E-state index contributed by atoms with van der Waals surface area (Å²) in [7, 11) is 1.88. The van der Waals surface area contributed by atoms with E-state index in [2.05, 4.69) is 52.0 Å². The Balaban J connectivity index is 2.21. The van der Waals surface area contributed by atoms with E-state index in [4.69, 9.17) is 0 Å². The summed E-state index contributed by atoms with van der Waals surface area (Å²) < 4.78 is 0. The maximum Gasteiger partial charge on any atom is 0.132 e.